The van der Waals surface area contributed by atoms with E-state index < -0.39 is 16.0 Å². The Bertz CT molecular complexity index is 360. The van der Waals surface area contributed by atoms with E-state index in [4.69, 9.17) is 0 Å². The molecule has 1 saturated carbocycles. The van der Waals surface area contributed by atoms with E-state index in [1.165, 1.54) is 11.4 Å². The van der Waals surface area contributed by atoms with Crippen molar-refractivity contribution < 1.29 is 17.9 Å². The van der Waals surface area contributed by atoms with Gasteiger partial charge in [0.1, 0.15) is 6.54 Å². The van der Waals surface area contributed by atoms with Crippen molar-refractivity contribution in [2.75, 3.05) is 19.4 Å². The van der Waals surface area contributed by atoms with Gasteiger partial charge in [-0.15, -0.1) is 0 Å². The number of methoxy groups -OCH3 is 1. The molecule has 0 radical (unpaired) electrons. The van der Waals surface area contributed by atoms with E-state index in [9.17, 15) is 13.2 Å². The lowest BCUT2D eigenvalue weighted by molar-refractivity contribution is -0.141. The molecule has 0 spiro atoms. The summed E-state index contributed by atoms with van der Waals surface area (Å²) in [7, 11) is -2.06. The van der Waals surface area contributed by atoms with Crippen molar-refractivity contribution in [3.05, 3.63) is 0 Å². The third-order valence-corrected chi connectivity index (χ3v) is 5.30. The van der Waals surface area contributed by atoms with E-state index in [-0.39, 0.29) is 18.3 Å². The first-order valence-electron chi connectivity index (χ1n) is 6.57. The number of unbranched alkanes of at least 4 members (excludes halogenated alkanes) is 1. The summed E-state index contributed by atoms with van der Waals surface area (Å²) in [6.07, 6.45) is 5.23. The zero-order chi connectivity index (χ0) is 13.6. The van der Waals surface area contributed by atoms with Crippen molar-refractivity contribution >= 4 is 16.0 Å². The van der Waals surface area contributed by atoms with Crippen LogP contribution in [0.3, 0.4) is 0 Å². The lowest BCUT2D eigenvalue weighted by Crippen LogP contribution is -2.43. The molecule has 1 fully saturated rings. The number of nitrogens with zero attached hydrogens (tertiary/aromatic N) is 1. The Hall–Kier alpha value is -0.620. The number of esters is 1. The minimum atomic E-state index is -3.34. The number of sulfonamides is 1. The van der Waals surface area contributed by atoms with Crippen molar-refractivity contribution in [1.29, 1.82) is 0 Å². The van der Waals surface area contributed by atoms with Gasteiger partial charge in [-0.2, -0.15) is 4.31 Å². The molecule has 0 heterocycles. The quantitative estimate of drug-likeness (QED) is 0.662. The monoisotopic (exact) mass is 277 g/mol. The Morgan fingerprint density at radius 2 is 1.94 bits per heavy atom. The fourth-order valence-corrected chi connectivity index (χ4v) is 4.14. The van der Waals surface area contributed by atoms with Gasteiger partial charge in [0.25, 0.3) is 0 Å². The van der Waals surface area contributed by atoms with Crippen molar-refractivity contribution in [2.24, 2.45) is 0 Å². The van der Waals surface area contributed by atoms with E-state index >= 15 is 0 Å². The second kappa shape index (κ2) is 7.09. The Morgan fingerprint density at radius 3 is 2.44 bits per heavy atom. The smallest absolute Gasteiger partial charge is 0.321 e. The molecule has 1 rings (SSSR count). The maximum atomic E-state index is 12.2. The Balaban J connectivity index is 2.78. The average Bonchev–Trinajstić information content (AvgIpc) is 2.86. The summed E-state index contributed by atoms with van der Waals surface area (Å²) in [4.78, 5) is 11.4. The highest BCUT2D eigenvalue weighted by molar-refractivity contribution is 7.89. The number of carbonyl (C=O) groups excluding carboxylic acids is 1. The molecule has 0 N–H and O–H groups in total. The fourth-order valence-electron chi connectivity index (χ4n) is 2.28. The van der Waals surface area contributed by atoms with Gasteiger partial charge < -0.3 is 4.74 Å². The van der Waals surface area contributed by atoms with Crippen molar-refractivity contribution in [3.8, 4) is 0 Å². The van der Waals surface area contributed by atoms with Gasteiger partial charge in [-0.1, -0.05) is 26.2 Å². The number of carbonyl (C=O) groups is 1. The number of rotatable bonds is 7. The average molecular weight is 277 g/mol. The van der Waals surface area contributed by atoms with E-state index in [0.717, 1.165) is 32.1 Å². The van der Waals surface area contributed by atoms with E-state index in [1.807, 2.05) is 6.92 Å². The molecular weight excluding hydrogens is 254 g/mol. The third-order valence-electron chi connectivity index (χ3n) is 3.36. The summed E-state index contributed by atoms with van der Waals surface area (Å²) >= 11 is 0. The van der Waals surface area contributed by atoms with Gasteiger partial charge in [0, 0.05) is 6.04 Å². The molecule has 0 aromatic heterocycles. The summed E-state index contributed by atoms with van der Waals surface area (Å²) in [5, 5.41) is 0. The second-order valence-corrected chi connectivity index (χ2v) is 6.77. The van der Waals surface area contributed by atoms with Crippen LogP contribution in [-0.4, -0.2) is 44.1 Å². The van der Waals surface area contributed by atoms with Crippen LogP contribution in [0.1, 0.15) is 45.4 Å². The molecule has 0 amide bonds. The predicted octanol–water partition coefficient (Wildman–Crippen LogP) is 1.53. The molecule has 0 aromatic rings. The lowest BCUT2D eigenvalue weighted by atomic mass is 10.2. The first-order valence-corrected chi connectivity index (χ1v) is 8.18. The van der Waals surface area contributed by atoms with Crippen molar-refractivity contribution in [2.45, 2.75) is 51.5 Å². The highest BCUT2D eigenvalue weighted by Crippen LogP contribution is 2.26. The van der Waals surface area contributed by atoms with E-state index in [0.29, 0.717) is 6.42 Å². The topological polar surface area (TPSA) is 63.7 Å². The molecule has 1 aliphatic rings. The van der Waals surface area contributed by atoms with Gasteiger partial charge >= 0.3 is 5.97 Å². The number of hydrogen-bond donors (Lipinski definition) is 0. The van der Waals surface area contributed by atoms with Crippen LogP contribution in [0.4, 0.5) is 0 Å². The van der Waals surface area contributed by atoms with Gasteiger partial charge in [0.15, 0.2) is 0 Å². The minimum Gasteiger partial charge on any atom is -0.468 e. The molecule has 0 aromatic carbocycles. The second-order valence-electron chi connectivity index (χ2n) is 4.73. The lowest BCUT2D eigenvalue weighted by Gasteiger charge is -2.26. The maximum Gasteiger partial charge on any atom is 0.321 e. The fraction of sp³-hybridized carbons (Fsp3) is 0.917. The van der Waals surface area contributed by atoms with E-state index in [1.54, 1.807) is 0 Å². The first kappa shape index (κ1) is 15.4. The van der Waals surface area contributed by atoms with E-state index in [2.05, 4.69) is 4.74 Å². The van der Waals surface area contributed by atoms with Gasteiger partial charge in [0.05, 0.1) is 12.9 Å². The van der Waals surface area contributed by atoms with Gasteiger partial charge in [-0.3, -0.25) is 4.79 Å². The number of hydrogen-bond acceptors (Lipinski definition) is 4. The molecule has 106 valence electrons. The molecule has 5 nitrogen and oxygen atoms in total. The van der Waals surface area contributed by atoms with Crippen LogP contribution in [0.2, 0.25) is 0 Å². The Labute approximate surface area is 110 Å². The highest BCUT2D eigenvalue weighted by atomic mass is 32.2. The summed E-state index contributed by atoms with van der Waals surface area (Å²) in [6, 6.07) is -0.0223. The normalized spacial score (nSPS) is 17.3. The third kappa shape index (κ3) is 4.24. The van der Waals surface area contributed by atoms with Crippen molar-refractivity contribution in [3.63, 3.8) is 0 Å². The zero-order valence-electron chi connectivity index (χ0n) is 11.2. The van der Waals surface area contributed by atoms with Crippen LogP contribution in [0.15, 0.2) is 0 Å². The molecular formula is C12H23NO4S. The molecule has 0 aliphatic heterocycles. The Kier molecular flexibility index (Phi) is 6.08. The first-order chi connectivity index (χ1) is 8.51. The van der Waals surface area contributed by atoms with Crippen LogP contribution in [0.25, 0.3) is 0 Å². The maximum absolute atomic E-state index is 12.2. The summed E-state index contributed by atoms with van der Waals surface area (Å²) < 4.78 is 30.4. The van der Waals surface area contributed by atoms with Crippen molar-refractivity contribution in [1.82, 2.24) is 4.31 Å². The minimum absolute atomic E-state index is 0.0223. The number of ether oxygens (including phenoxy) is 1. The highest BCUT2D eigenvalue weighted by Gasteiger charge is 2.33. The molecule has 1 aliphatic carbocycles. The van der Waals surface area contributed by atoms with Crippen LogP contribution in [0.5, 0.6) is 0 Å². The Morgan fingerprint density at radius 1 is 1.33 bits per heavy atom. The molecule has 0 atom stereocenters. The van der Waals surface area contributed by atoms with Crippen LogP contribution in [-0.2, 0) is 19.6 Å². The van der Waals surface area contributed by atoms with Gasteiger partial charge in [-0.25, -0.2) is 8.42 Å². The SMILES string of the molecule is CCCCS(=O)(=O)N(CC(=O)OC)C1CCCC1. The summed E-state index contributed by atoms with van der Waals surface area (Å²) in [5.74, 6) is -0.362. The molecule has 18 heavy (non-hydrogen) atoms. The zero-order valence-corrected chi connectivity index (χ0v) is 12.0. The van der Waals surface area contributed by atoms with Crippen LogP contribution < -0.4 is 0 Å². The summed E-state index contributed by atoms with van der Waals surface area (Å²) in [6.45, 7) is 1.81. The molecule has 6 heteroatoms. The van der Waals surface area contributed by atoms with Gasteiger partial charge in [0.2, 0.25) is 10.0 Å². The molecule has 0 unspecified atom stereocenters. The molecule has 0 saturated heterocycles. The largest absolute Gasteiger partial charge is 0.468 e. The van der Waals surface area contributed by atoms with Crippen LogP contribution >= 0.6 is 0 Å². The summed E-state index contributed by atoms with van der Waals surface area (Å²) in [5.41, 5.74) is 0. The van der Waals surface area contributed by atoms with Gasteiger partial charge in [-0.05, 0) is 19.3 Å². The van der Waals surface area contributed by atoms with Crippen LogP contribution in [0, 0.1) is 0 Å². The molecule has 0 bridgehead atoms. The standard InChI is InChI=1S/C12H23NO4S/c1-3-4-9-18(15,16)13(10-12(14)17-2)11-7-5-6-8-11/h11H,3-10H2,1-2H3. The predicted molar refractivity (Wildman–Crippen MR) is 69.7 cm³/mol.